The van der Waals surface area contributed by atoms with Crippen LogP contribution in [0.2, 0.25) is 0 Å². The van der Waals surface area contributed by atoms with Crippen molar-refractivity contribution < 1.29 is 4.79 Å². The molecule has 28 heavy (non-hydrogen) atoms. The quantitative estimate of drug-likeness (QED) is 0.681. The van der Waals surface area contributed by atoms with Gasteiger partial charge in [-0.25, -0.2) is 4.98 Å². The van der Waals surface area contributed by atoms with Gasteiger partial charge in [0.05, 0.1) is 16.8 Å². The first-order valence-corrected chi connectivity index (χ1v) is 9.13. The predicted molar refractivity (Wildman–Crippen MR) is 107 cm³/mol. The molecule has 2 atom stereocenters. The summed E-state index contributed by atoms with van der Waals surface area (Å²) < 4.78 is 1.73. The molecule has 0 unspecified atom stereocenters. The second-order valence-electron chi connectivity index (χ2n) is 7.12. The number of amides is 1. The Morgan fingerprint density at radius 1 is 1.29 bits per heavy atom. The summed E-state index contributed by atoms with van der Waals surface area (Å²) in [4.78, 5) is 16.6. The number of fused-ring (bicyclic) bond motifs is 1. The zero-order valence-corrected chi connectivity index (χ0v) is 16.2. The number of anilines is 2. The highest BCUT2D eigenvalue weighted by molar-refractivity contribution is 5.97. The second-order valence-corrected chi connectivity index (χ2v) is 7.12. The molecule has 3 heterocycles. The van der Waals surface area contributed by atoms with E-state index in [4.69, 9.17) is 0 Å². The Morgan fingerprint density at radius 2 is 2.04 bits per heavy atom. The van der Waals surface area contributed by atoms with Crippen molar-refractivity contribution in [1.82, 2.24) is 25.0 Å². The first kappa shape index (κ1) is 17.9. The summed E-state index contributed by atoms with van der Waals surface area (Å²) in [7, 11) is 3.64. The van der Waals surface area contributed by atoms with E-state index < -0.39 is 0 Å². The largest absolute Gasteiger partial charge is 0.371 e. The molecule has 1 amide bonds. The molecule has 0 spiro atoms. The summed E-state index contributed by atoms with van der Waals surface area (Å²) in [6.07, 6.45) is 4.49. The average Bonchev–Trinajstić information content (AvgIpc) is 3.32. The Morgan fingerprint density at radius 3 is 2.68 bits per heavy atom. The van der Waals surface area contributed by atoms with E-state index in [0.29, 0.717) is 28.6 Å². The van der Waals surface area contributed by atoms with Crippen LogP contribution < -0.4 is 10.6 Å². The van der Waals surface area contributed by atoms with Gasteiger partial charge in [-0.3, -0.25) is 9.48 Å². The lowest BCUT2D eigenvalue weighted by Crippen LogP contribution is -2.16. The van der Waals surface area contributed by atoms with Crippen LogP contribution in [0.15, 0.2) is 18.5 Å². The van der Waals surface area contributed by atoms with Gasteiger partial charge in [-0.05, 0) is 25.3 Å². The van der Waals surface area contributed by atoms with Crippen LogP contribution in [0.1, 0.15) is 30.2 Å². The number of nitrogens with zero attached hydrogens (tertiary/aromatic N) is 5. The van der Waals surface area contributed by atoms with Crippen molar-refractivity contribution in [2.24, 2.45) is 18.9 Å². The summed E-state index contributed by atoms with van der Waals surface area (Å²) >= 11 is 0. The normalized spacial score (nSPS) is 17.7. The Hall–Kier alpha value is -3.47. The van der Waals surface area contributed by atoms with Crippen molar-refractivity contribution in [2.45, 2.75) is 20.3 Å². The summed E-state index contributed by atoms with van der Waals surface area (Å²) in [5, 5.41) is 19.4. The molecular formula is C20H21N7O. The van der Waals surface area contributed by atoms with E-state index in [0.717, 1.165) is 23.1 Å². The summed E-state index contributed by atoms with van der Waals surface area (Å²) in [5.74, 6) is 7.82. The standard InChI is InChI=1S/C20H21N7O/c1-11-7-15(11)20(28)23-17-8-16-13(5-6-14-10-27(4)26-12(14)2)9-22-19(21-3)18(16)25-24-17/h8-11,15H,7H2,1-4H3,(H,21,22)(H,23,24,28)/t11-,15+/m1/s1. The van der Waals surface area contributed by atoms with Gasteiger partial charge in [0, 0.05) is 37.8 Å². The minimum atomic E-state index is -0.0114. The molecule has 0 saturated heterocycles. The number of hydrogen-bond donors (Lipinski definition) is 2. The van der Waals surface area contributed by atoms with Crippen LogP contribution in [0.25, 0.3) is 10.9 Å². The molecule has 8 nitrogen and oxygen atoms in total. The second kappa shape index (κ2) is 6.93. The van der Waals surface area contributed by atoms with Crippen molar-refractivity contribution in [3.63, 3.8) is 0 Å². The number of aromatic nitrogens is 5. The van der Waals surface area contributed by atoms with Crippen LogP contribution in [-0.2, 0) is 11.8 Å². The molecule has 0 radical (unpaired) electrons. The third-order valence-corrected chi connectivity index (χ3v) is 4.91. The minimum absolute atomic E-state index is 0.0114. The fourth-order valence-corrected chi connectivity index (χ4v) is 3.14. The number of pyridine rings is 1. The van der Waals surface area contributed by atoms with Crippen molar-refractivity contribution in [3.05, 3.63) is 35.3 Å². The Kier molecular flexibility index (Phi) is 4.43. The SMILES string of the molecule is CNc1ncc(C#Cc2cn(C)nc2C)c2cc(NC(=O)[C@H]3C[C@H]3C)nnc12. The van der Waals surface area contributed by atoms with E-state index in [1.807, 2.05) is 20.2 Å². The van der Waals surface area contributed by atoms with Gasteiger partial charge in [-0.15, -0.1) is 10.2 Å². The molecule has 142 valence electrons. The van der Waals surface area contributed by atoms with E-state index in [1.54, 1.807) is 24.0 Å². The molecule has 0 bridgehead atoms. The van der Waals surface area contributed by atoms with Crippen LogP contribution >= 0.6 is 0 Å². The number of carbonyl (C=O) groups is 1. The minimum Gasteiger partial charge on any atom is -0.371 e. The van der Waals surface area contributed by atoms with Crippen LogP contribution in [0.5, 0.6) is 0 Å². The molecule has 0 aliphatic heterocycles. The Bertz CT molecular complexity index is 1140. The molecule has 1 aliphatic carbocycles. The smallest absolute Gasteiger partial charge is 0.228 e. The monoisotopic (exact) mass is 375 g/mol. The van der Waals surface area contributed by atoms with E-state index in [2.05, 4.69) is 49.7 Å². The maximum absolute atomic E-state index is 12.2. The summed E-state index contributed by atoms with van der Waals surface area (Å²) in [6, 6.07) is 1.80. The number of aryl methyl sites for hydroxylation is 2. The molecule has 3 aromatic rings. The van der Waals surface area contributed by atoms with Gasteiger partial charge in [-0.1, -0.05) is 18.8 Å². The topological polar surface area (TPSA) is 97.6 Å². The van der Waals surface area contributed by atoms with E-state index in [-0.39, 0.29) is 11.8 Å². The third kappa shape index (κ3) is 3.39. The Labute approximate surface area is 162 Å². The number of rotatable bonds is 3. The fraction of sp³-hybridized carbons (Fsp3) is 0.350. The van der Waals surface area contributed by atoms with E-state index >= 15 is 0 Å². The molecule has 2 N–H and O–H groups in total. The summed E-state index contributed by atoms with van der Waals surface area (Å²) in [6.45, 7) is 3.98. The fourth-order valence-electron chi connectivity index (χ4n) is 3.14. The molecule has 1 aliphatic rings. The lowest BCUT2D eigenvalue weighted by atomic mass is 10.1. The average molecular weight is 375 g/mol. The molecular weight excluding hydrogens is 354 g/mol. The van der Waals surface area contributed by atoms with Crippen molar-refractivity contribution in [1.29, 1.82) is 0 Å². The van der Waals surface area contributed by atoms with Gasteiger partial charge in [0.1, 0.15) is 5.52 Å². The first-order valence-electron chi connectivity index (χ1n) is 9.13. The number of hydrogen-bond acceptors (Lipinski definition) is 6. The van der Waals surface area contributed by atoms with Crippen LogP contribution in [0, 0.1) is 30.6 Å². The van der Waals surface area contributed by atoms with Gasteiger partial charge in [0.25, 0.3) is 0 Å². The van der Waals surface area contributed by atoms with Crippen molar-refractivity contribution >= 4 is 28.4 Å². The molecule has 3 aromatic heterocycles. The number of nitrogens with one attached hydrogen (secondary N) is 2. The Balaban J connectivity index is 1.74. The maximum Gasteiger partial charge on any atom is 0.228 e. The van der Waals surface area contributed by atoms with Gasteiger partial charge in [0.15, 0.2) is 11.6 Å². The zero-order chi connectivity index (χ0) is 19.8. The molecule has 1 saturated carbocycles. The zero-order valence-electron chi connectivity index (χ0n) is 16.2. The van der Waals surface area contributed by atoms with Gasteiger partial charge in [0.2, 0.25) is 5.91 Å². The van der Waals surface area contributed by atoms with Crippen LogP contribution in [-0.4, -0.2) is 37.9 Å². The predicted octanol–water partition coefficient (Wildman–Crippen LogP) is 2.10. The van der Waals surface area contributed by atoms with Gasteiger partial charge >= 0.3 is 0 Å². The molecule has 0 aromatic carbocycles. The maximum atomic E-state index is 12.2. The highest BCUT2D eigenvalue weighted by Crippen LogP contribution is 2.38. The lowest BCUT2D eigenvalue weighted by molar-refractivity contribution is -0.117. The van der Waals surface area contributed by atoms with Crippen LogP contribution in [0.3, 0.4) is 0 Å². The van der Waals surface area contributed by atoms with E-state index in [1.165, 1.54) is 0 Å². The molecule has 4 rings (SSSR count). The van der Waals surface area contributed by atoms with E-state index in [9.17, 15) is 4.79 Å². The lowest BCUT2D eigenvalue weighted by Gasteiger charge is -2.08. The highest BCUT2D eigenvalue weighted by Gasteiger charge is 2.39. The van der Waals surface area contributed by atoms with Crippen LogP contribution in [0.4, 0.5) is 11.6 Å². The molecule has 8 heteroatoms. The van der Waals surface area contributed by atoms with Gasteiger partial charge in [-0.2, -0.15) is 5.10 Å². The molecule has 1 fully saturated rings. The first-order chi connectivity index (χ1) is 13.5. The highest BCUT2D eigenvalue weighted by atomic mass is 16.2. The summed E-state index contributed by atoms with van der Waals surface area (Å²) in [5.41, 5.74) is 3.04. The van der Waals surface area contributed by atoms with Crippen molar-refractivity contribution in [3.8, 4) is 11.8 Å². The third-order valence-electron chi connectivity index (χ3n) is 4.91. The number of carbonyl (C=O) groups excluding carboxylic acids is 1. The van der Waals surface area contributed by atoms with Crippen molar-refractivity contribution in [2.75, 3.05) is 17.7 Å². The van der Waals surface area contributed by atoms with Gasteiger partial charge < -0.3 is 10.6 Å².